The average Bonchev–Trinajstić information content (AvgIpc) is 3.37. The maximum absolute atomic E-state index is 2.42. The van der Waals surface area contributed by atoms with E-state index in [1.165, 1.54) is 77.5 Å². The van der Waals surface area contributed by atoms with E-state index < -0.39 is 0 Å². The van der Waals surface area contributed by atoms with Gasteiger partial charge in [0, 0.05) is 25.6 Å². The molecule has 1 aromatic heterocycles. The Kier molecular flexibility index (Phi) is 7.71. The minimum absolute atomic E-state index is 0.0533. The molecule has 36 heavy (non-hydrogen) atoms. The lowest BCUT2D eigenvalue weighted by Crippen LogP contribution is -2.14. The van der Waals surface area contributed by atoms with Gasteiger partial charge in [-0.05, 0) is 76.6 Å². The molecule has 0 saturated heterocycles. The molecule has 1 aliphatic rings. The van der Waals surface area contributed by atoms with Crippen LogP contribution in [-0.4, -0.2) is 0 Å². The van der Waals surface area contributed by atoms with E-state index in [9.17, 15) is 0 Å². The van der Waals surface area contributed by atoms with Crippen molar-refractivity contribution in [2.24, 2.45) is 0 Å². The van der Waals surface area contributed by atoms with Crippen LogP contribution < -0.4 is 0 Å². The van der Waals surface area contributed by atoms with Gasteiger partial charge in [-0.25, -0.2) is 0 Å². The minimum atomic E-state index is 0.0533. The Morgan fingerprint density at radius 1 is 0.639 bits per heavy atom. The summed E-state index contributed by atoms with van der Waals surface area (Å²) in [6, 6.07) is 27.2. The zero-order chi connectivity index (χ0) is 26.0. The standard InChI is InChI=1S/C29H24S.C4H10.C2H6/c1-17-15-27-23(20-9-6-8-12-26(20)30-27)16-22(17)19-13-14-25-28(18(19)2)21-10-5-7-11-24(21)29(25,3)4;1-3-4-2;1-2/h5-16H,1-4H3;3-4H2,1-2H3;1-2H3. The second-order valence-electron chi connectivity index (χ2n) is 10.1. The second kappa shape index (κ2) is 10.6. The van der Waals surface area contributed by atoms with E-state index in [1.807, 2.05) is 25.2 Å². The third kappa shape index (κ3) is 4.28. The molecule has 0 unspecified atom stereocenters. The van der Waals surface area contributed by atoms with Crippen LogP contribution in [0.15, 0.2) is 72.8 Å². The number of fused-ring (bicyclic) bond motifs is 6. The van der Waals surface area contributed by atoms with Gasteiger partial charge in [-0.15, -0.1) is 11.3 Å². The summed E-state index contributed by atoms with van der Waals surface area (Å²) < 4.78 is 2.74. The molecular weight excluding hydrogens is 452 g/mol. The van der Waals surface area contributed by atoms with E-state index in [0.717, 1.165) is 0 Å². The van der Waals surface area contributed by atoms with Gasteiger partial charge in [0.05, 0.1) is 0 Å². The van der Waals surface area contributed by atoms with Crippen molar-refractivity contribution in [1.82, 2.24) is 0 Å². The zero-order valence-corrected chi connectivity index (χ0v) is 24.1. The van der Waals surface area contributed by atoms with Crippen LogP contribution in [0.25, 0.3) is 42.4 Å². The summed E-state index contributed by atoms with van der Waals surface area (Å²) in [5.41, 5.74) is 11.2. The molecule has 186 valence electrons. The van der Waals surface area contributed by atoms with Gasteiger partial charge in [0.25, 0.3) is 0 Å². The van der Waals surface area contributed by atoms with Crippen LogP contribution in [0.3, 0.4) is 0 Å². The highest BCUT2D eigenvalue weighted by atomic mass is 32.1. The summed E-state index contributed by atoms with van der Waals surface area (Å²) in [6.45, 7) is 17.6. The number of aryl methyl sites for hydroxylation is 1. The first-order valence-electron chi connectivity index (χ1n) is 13.5. The van der Waals surface area contributed by atoms with Crippen molar-refractivity contribution >= 4 is 31.5 Å². The second-order valence-corrected chi connectivity index (χ2v) is 11.2. The topological polar surface area (TPSA) is 0 Å². The Morgan fingerprint density at radius 2 is 1.31 bits per heavy atom. The highest BCUT2D eigenvalue weighted by Gasteiger charge is 2.36. The van der Waals surface area contributed by atoms with E-state index in [4.69, 9.17) is 0 Å². The summed E-state index contributed by atoms with van der Waals surface area (Å²) in [7, 11) is 0. The highest BCUT2D eigenvalue weighted by molar-refractivity contribution is 7.25. The summed E-state index contributed by atoms with van der Waals surface area (Å²) in [4.78, 5) is 0. The third-order valence-electron chi connectivity index (χ3n) is 7.52. The molecule has 0 amide bonds. The van der Waals surface area contributed by atoms with Crippen molar-refractivity contribution in [2.45, 2.75) is 73.6 Å². The van der Waals surface area contributed by atoms with Gasteiger partial charge in [0.1, 0.15) is 0 Å². The maximum atomic E-state index is 2.42. The number of rotatable bonds is 2. The Bertz CT molecular complexity index is 1510. The smallest absolute Gasteiger partial charge is 0.0358 e. The van der Waals surface area contributed by atoms with Crippen LogP contribution in [-0.2, 0) is 5.41 Å². The maximum Gasteiger partial charge on any atom is 0.0358 e. The molecule has 1 heterocycles. The highest BCUT2D eigenvalue weighted by Crippen LogP contribution is 2.51. The van der Waals surface area contributed by atoms with Crippen LogP contribution in [0.2, 0.25) is 0 Å². The van der Waals surface area contributed by atoms with Crippen molar-refractivity contribution < 1.29 is 0 Å². The third-order valence-corrected chi connectivity index (χ3v) is 8.66. The molecule has 1 heteroatoms. The Balaban J connectivity index is 0.000000465. The van der Waals surface area contributed by atoms with Crippen molar-refractivity contribution in [1.29, 1.82) is 0 Å². The van der Waals surface area contributed by atoms with Gasteiger partial charge >= 0.3 is 0 Å². The molecule has 0 N–H and O–H groups in total. The SMILES string of the molecule is CC.CCCC.Cc1cc2sc3ccccc3c2cc1-c1ccc2c(c1C)-c1ccccc1C2(C)C. The minimum Gasteiger partial charge on any atom is -0.135 e. The van der Waals surface area contributed by atoms with Crippen molar-refractivity contribution in [3.8, 4) is 22.3 Å². The molecule has 0 aliphatic heterocycles. The molecule has 0 saturated carbocycles. The lowest BCUT2D eigenvalue weighted by molar-refractivity contribution is 0.660. The quantitative estimate of drug-likeness (QED) is 0.230. The average molecular weight is 493 g/mol. The number of hydrogen-bond donors (Lipinski definition) is 0. The van der Waals surface area contributed by atoms with Gasteiger partial charge in [-0.1, -0.05) is 109 Å². The van der Waals surface area contributed by atoms with Gasteiger partial charge in [-0.2, -0.15) is 0 Å². The van der Waals surface area contributed by atoms with E-state index >= 15 is 0 Å². The molecule has 1 aliphatic carbocycles. The molecular formula is C35H40S. The molecule has 0 atom stereocenters. The Labute approximate surface area is 222 Å². The molecule has 0 nitrogen and oxygen atoms in total. The predicted molar refractivity (Wildman–Crippen MR) is 164 cm³/mol. The van der Waals surface area contributed by atoms with Gasteiger partial charge in [0.15, 0.2) is 0 Å². The molecule has 0 bridgehead atoms. The van der Waals surface area contributed by atoms with Crippen molar-refractivity contribution in [2.75, 3.05) is 0 Å². The van der Waals surface area contributed by atoms with Gasteiger partial charge in [0.2, 0.25) is 0 Å². The first-order chi connectivity index (χ1) is 17.4. The van der Waals surface area contributed by atoms with Crippen LogP contribution in [0.5, 0.6) is 0 Å². The first-order valence-corrected chi connectivity index (χ1v) is 14.4. The van der Waals surface area contributed by atoms with Crippen LogP contribution >= 0.6 is 11.3 Å². The normalized spacial score (nSPS) is 12.9. The van der Waals surface area contributed by atoms with Gasteiger partial charge < -0.3 is 0 Å². The molecule has 4 aromatic carbocycles. The summed E-state index contributed by atoms with van der Waals surface area (Å²) in [5, 5.41) is 2.74. The Hall–Kier alpha value is -2.90. The fourth-order valence-corrected chi connectivity index (χ4v) is 6.61. The number of thiophene rings is 1. The monoisotopic (exact) mass is 492 g/mol. The van der Waals surface area contributed by atoms with Crippen molar-refractivity contribution in [3.05, 3.63) is 95.1 Å². The number of hydrogen-bond acceptors (Lipinski definition) is 1. The Morgan fingerprint density at radius 3 is 2.03 bits per heavy atom. The van der Waals surface area contributed by atoms with Crippen LogP contribution in [0.1, 0.15) is 76.6 Å². The summed E-state index contributed by atoms with van der Waals surface area (Å²) in [5.74, 6) is 0. The molecule has 0 radical (unpaired) electrons. The predicted octanol–water partition coefficient (Wildman–Crippen LogP) is 11.5. The molecule has 5 aromatic rings. The van der Waals surface area contributed by atoms with E-state index in [-0.39, 0.29) is 5.41 Å². The number of benzene rings is 4. The fourth-order valence-electron chi connectivity index (χ4n) is 5.43. The first kappa shape index (κ1) is 26.2. The van der Waals surface area contributed by atoms with Crippen LogP contribution in [0.4, 0.5) is 0 Å². The number of unbranched alkanes of at least 4 members (excludes halogenated alkanes) is 1. The molecule has 0 fully saturated rings. The lowest BCUT2D eigenvalue weighted by atomic mass is 9.81. The van der Waals surface area contributed by atoms with Crippen molar-refractivity contribution in [3.63, 3.8) is 0 Å². The summed E-state index contributed by atoms with van der Waals surface area (Å²) >= 11 is 1.89. The lowest BCUT2D eigenvalue weighted by Gasteiger charge is -2.22. The molecule has 6 rings (SSSR count). The van der Waals surface area contributed by atoms with Crippen LogP contribution in [0, 0.1) is 13.8 Å². The summed E-state index contributed by atoms with van der Waals surface area (Å²) in [6.07, 6.45) is 2.64. The largest absolute Gasteiger partial charge is 0.135 e. The zero-order valence-electron chi connectivity index (χ0n) is 23.3. The van der Waals surface area contributed by atoms with E-state index in [0.29, 0.717) is 0 Å². The fraction of sp³-hybridized carbons (Fsp3) is 0.314. The van der Waals surface area contributed by atoms with E-state index in [2.05, 4.69) is 114 Å². The van der Waals surface area contributed by atoms with Gasteiger partial charge in [-0.3, -0.25) is 0 Å². The van der Waals surface area contributed by atoms with E-state index in [1.54, 1.807) is 0 Å². The molecule has 0 spiro atoms.